The zero-order valence-corrected chi connectivity index (χ0v) is 15.8. The first-order valence-corrected chi connectivity index (χ1v) is 9.16. The lowest BCUT2D eigenvalue weighted by atomic mass is 10.1. The maximum absolute atomic E-state index is 12.3. The number of hydrogen-bond acceptors (Lipinski definition) is 5. The lowest BCUT2D eigenvalue weighted by Gasteiger charge is -2.15. The van der Waals surface area contributed by atoms with Gasteiger partial charge in [0, 0.05) is 50.1 Å². The molecule has 1 amide bonds. The monoisotopic (exact) mass is 353 g/mol. The molecule has 0 radical (unpaired) electrons. The molecule has 6 heteroatoms. The average Bonchev–Trinajstić information content (AvgIpc) is 3.15. The third kappa shape index (κ3) is 4.38. The molecule has 1 aliphatic heterocycles. The zero-order chi connectivity index (χ0) is 18.5. The summed E-state index contributed by atoms with van der Waals surface area (Å²) in [6.45, 7) is 5.91. The van der Waals surface area contributed by atoms with Crippen LogP contribution in [0.15, 0.2) is 30.5 Å². The predicted molar refractivity (Wildman–Crippen MR) is 105 cm³/mol. The molecule has 0 saturated carbocycles. The van der Waals surface area contributed by atoms with Crippen LogP contribution in [0.25, 0.3) is 11.4 Å². The quantitative estimate of drug-likeness (QED) is 0.864. The Balaban J connectivity index is 1.62. The first kappa shape index (κ1) is 18.3. The molecule has 0 atom stereocenters. The Bertz CT molecular complexity index is 751. The summed E-state index contributed by atoms with van der Waals surface area (Å²) in [7, 11) is 3.93. The van der Waals surface area contributed by atoms with Gasteiger partial charge in [0.15, 0.2) is 5.82 Å². The Kier molecular flexibility index (Phi) is 5.83. The van der Waals surface area contributed by atoms with E-state index in [9.17, 15) is 4.79 Å². The van der Waals surface area contributed by atoms with Gasteiger partial charge in [0.1, 0.15) is 5.82 Å². The molecule has 6 nitrogen and oxygen atoms in total. The molecule has 2 heterocycles. The van der Waals surface area contributed by atoms with Gasteiger partial charge < -0.3 is 15.1 Å². The summed E-state index contributed by atoms with van der Waals surface area (Å²) in [6.07, 6.45) is 4.37. The topological polar surface area (TPSA) is 61.4 Å². The number of nitrogens with one attached hydrogen (secondary N) is 1. The number of aromatic nitrogens is 2. The highest BCUT2D eigenvalue weighted by Gasteiger charge is 2.12. The highest BCUT2D eigenvalue weighted by atomic mass is 16.1. The number of aryl methyl sites for hydroxylation is 1. The molecular formula is C20H27N5O. The van der Waals surface area contributed by atoms with E-state index in [2.05, 4.69) is 20.2 Å². The lowest BCUT2D eigenvalue weighted by Crippen LogP contribution is -2.33. The van der Waals surface area contributed by atoms with E-state index in [-0.39, 0.29) is 5.91 Å². The Morgan fingerprint density at radius 3 is 2.54 bits per heavy atom. The minimum absolute atomic E-state index is 0.0328. The van der Waals surface area contributed by atoms with Crippen molar-refractivity contribution in [1.29, 1.82) is 0 Å². The van der Waals surface area contributed by atoms with Crippen LogP contribution in [0.1, 0.15) is 28.8 Å². The summed E-state index contributed by atoms with van der Waals surface area (Å²) in [5.74, 6) is 1.54. The molecule has 0 bridgehead atoms. The number of carbonyl (C=O) groups is 1. The van der Waals surface area contributed by atoms with Crippen LogP contribution < -0.4 is 10.2 Å². The second-order valence-electron chi connectivity index (χ2n) is 6.98. The summed E-state index contributed by atoms with van der Waals surface area (Å²) in [6, 6.07) is 7.47. The minimum atomic E-state index is -0.0328. The van der Waals surface area contributed by atoms with E-state index in [1.807, 2.05) is 56.4 Å². The van der Waals surface area contributed by atoms with Crippen LogP contribution in [-0.2, 0) is 0 Å². The Morgan fingerprint density at radius 1 is 1.19 bits per heavy atom. The van der Waals surface area contributed by atoms with Crippen molar-refractivity contribution in [2.75, 3.05) is 45.2 Å². The molecule has 138 valence electrons. The van der Waals surface area contributed by atoms with Crippen molar-refractivity contribution in [3.63, 3.8) is 0 Å². The van der Waals surface area contributed by atoms with E-state index in [4.69, 9.17) is 0 Å². The summed E-state index contributed by atoms with van der Waals surface area (Å²) >= 11 is 0. The zero-order valence-electron chi connectivity index (χ0n) is 15.8. The van der Waals surface area contributed by atoms with Crippen molar-refractivity contribution in [3.8, 4) is 11.4 Å². The Hall–Kier alpha value is -2.47. The van der Waals surface area contributed by atoms with Crippen molar-refractivity contribution in [2.24, 2.45) is 0 Å². The minimum Gasteiger partial charge on any atom is -0.362 e. The van der Waals surface area contributed by atoms with Crippen molar-refractivity contribution < 1.29 is 4.79 Å². The largest absolute Gasteiger partial charge is 0.362 e. The fourth-order valence-electron chi connectivity index (χ4n) is 3.23. The highest BCUT2D eigenvalue weighted by molar-refractivity contribution is 5.94. The van der Waals surface area contributed by atoms with E-state index >= 15 is 0 Å². The van der Waals surface area contributed by atoms with Crippen molar-refractivity contribution in [3.05, 3.63) is 41.6 Å². The molecule has 1 fully saturated rings. The van der Waals surface area contributed by atoms with E-state index in [0.717, 1.165) is 36.6 Å². The molecule has 0 aliphatic carbocycles. The van der Waals surface area contributed by atoms with Gasteiger partial charge in [-0.2, -0.15) is 0 Å². The number of benzene rings is 1. The summed E-state index contributed by atoms with van der Waals surface area (Å²) in [5, 5.41) is 3.00. The molecule has 0 spiro atoms. The molecule has 2 aromatic rings. The molecule has 1 aromatic heterocycles. The van der Waals surface area contributed by atoms with Crippen LogP contribution in [-0.4, -0.2) is 61.0 Å². The third-order valence-corrected chi connectivity index (χ3v) is 4.69. The van der Waals surface area contributed by atoms with Gasteiger partial charge in [-0.3, -0.25) is 4.79 Å². The van der Waals surface area contributed by atoms with Gasteiger partial charge >= 0.3 is 0 Å². The summed E-state index contributed by atoms with van der Waals surface area (Å²) in [5.41, 5.74) is 2.60. The van der Waals surface area contributed by atoms with E-state index < -0.39 is 0 Å². The fourth-order valence-corrected chi connectivity index (χ4v) is 3.23. The number of hydrogen-bond donors (Lipinski definition) is 1. The molecule has 1 N–H and O–H groups in total. The summed E-state index contributed by atoms with van der Waals surface area (Å²) in [4.78, 5) is 25.7. The van der Waals surface area contributed by atoms with Gasteiger partial charge in [0.25, 0.3) is 5.91 Å². The second-order valence-corrected chi connectivity index (χ2v) is 6.98. The standard InChI is InChI=1S/C20H27N5O/c1-15-14-22-18(23-19(15)24(2)3)16-6-8-17(9-7-16)20(26)21-10-13-25-11-4-5-12-25/h6-9,14H,4-5,10-13H2,1-3H3,(H,21,26). The van der Waals surface area contributed by atoms with E-state index in [1.165, 1.54) is 12.8 Å². The number of amides is 1. The van der Waals surface area contributed by atoms with Crippen LogP contribution in [0.3, 0.4) is 0 Å². The highest BCUT2D eigenvalue weighted by Crippen LogP contribution is 2.20. The van der Waals surface area contributed by atoms with Crippen LogP contribution in [0.2, 0.25) is 0 Å². The van der Waals surface area contributed by atoms with Gasteiger partial charge in [-0.1, -0.05) is 12.1 Å². The molecule has 1 aliphatic rings. The van der Waals surface area contributed by atoms with Crippen LogP contribution in [0.5, 0.6) is 0 Å². The maximum atomic E-state index is 12.3. The molecular weight excluding hydrogens is 326 g/mol. The second kappa shape index (κ2) is 8.27. The van der Waals surface area contributed by atoms with Crippen LogP contribution in [0.4, 0.5) is 5.82 Å². The number of carbonyl (C=O) groups excluding carboxylic acids is 1. The van der Waals surface area contributed by atoms with E-state index in [1.54, 1.807) is 0 Å². The maximum Gasteiger partial charge on any atom is 0.251 e. The lowest BCUT2D eigenvalue weighted by molar-refractivity contribution is 0.0950. The summed E-state index contributed by atoms with van der Waals surface area (Å²) < 4.78 is 0. The van der Waals surface area contributed by atoms with Gasteiger partial charge in [-0.15, -0.1) is 0 Å². The van der Waals surface area contributed by atoms with Gasteiger partial charge in [0.05, 0.1) is 0 Å². The van der Waals surface area contributed by atoms with Crippen LogP contribution in [0, 0.1) is 6.92 Å². The average molecular weight is 353 g/mol. The number of likely N-dealkylation sites (tertiary alicyclic amines) is 1. The first-order chi connectivity index (χ1) is 12.5. The number of rotatable bonds is 6. The molecule has 0 unspecified atom stereocenters. The SMILES string of the molecule is Cc1cnc(-c2ccc(C(=O)NCCN3CCCC3)cc2)nc1N(C)C. The smallest absolute Gasteiger partial charge is 0.251 e. The number of nitrogens with zero attached hydrogens (tertiary/aromatic N) is 4. The predicted octanol–water partition coefficient (Wildman–Crippen LogP) is 2.34. The molecule has 1 saturated heterocycles. The number of anilines is 1. The normalized spacial score (nSPS) is 14.4. The third-order valence-electron chi connectivity index (χ3n) is 4.69. The Labute approximate surface area is 155 Å². The molecule has 26 heavy (non-hydrogen) atoms. The molecule has 3 rings (SSSR count). The van der Waals surface area contributed by atoms with E-state index in [0.29, 0.717) is 17.9 Å². The van der Waals surface area contributed by atoms with Gasteiger partial charge in [-0.25, -0.2) is 9.97 Å². The van der Waals surface area contributed by atoms with Crippen molar-refractivity contribution in [2.45, 2.75) is 19.8 Å². The Morgan fingerprint density at radius 2 is 1.88 bits per heavy atom. The fraction of sp³-hybridized carbons (Fsp3) is 0.450. The van der Waals surface area contributed by atoms with Crippen molar-refractivity contribution >= 4 is 11.7 Å². The van der Waals surface area contributed by atoms with Gasteiger partial charge in [-0.05, 0) is 45.0 Å². The van der Waals surface area contributed by atoms with Gasteiger partial charge in [0.2, 0.25) is 0 Å². The molecule has 1 aromatic carbocycles. The van der Waals surface area contributed by atoms with Crippen LogP contribution >= 0.6 is 0 Å². The van der Waals surface area contributed by atoms with Crippen molar-refractivity contribution in [1.82, 2.24) is 20.2 Å². The first-order valence-electron chi connectivity index (χ1n) is 9.16.